The molecule has 2 aromatic rings. The number of hydrogen-bond acceptors (Lipinski definition) is 6. The molecule has 0 spiro atoms. The maximum absolute atomic E-state index is 12.6. The van der Waals surface area contributed by atoms with Crippen LogP contribution in [0.3, 0.4) is 0 Å². The molecule has 0 saturated carbocycles. The van der Waals surface area contributed by atoms with Crippen LogP contribution in [-0.4, -0.2) is 56.0 Å². The Balaban J connectivity index is 1.32. The third-order valence-corrected chi connectivity index (χ3v) is 5.07. The van der Waals surface area contributed by atoms with Gasteiger partial charge >= 0.3 is 0 Å². The number of hydrogen-bond donors (Lipinski definition) is 0. The van der Waals surface area contributed by atoms with Crippen LogP contribution in [0.15, 0.2) is 42.5 Å². The topological polar surface area (TPSA) is 59.1 Å². The summed E-state index contributed by atoms with van der Waals surface area (Å²) in [6.07, 6.45) is 0. The number of carbonyl (C=O) groups is 2. The van der Waals surface area contributed by atoms with Gasteiger partial charge in [-0.15, -0.1) is 0 Å². The molecule has 2 aromatic carbocycles. The number of rotatable bonds is 5. The molecule has 6 heteroatoms. The lowest BCUT2D eigenvalue weighted by molar-refractivity contribution is 0.0925. The number of Topliss-reactive ketones (excluding diaryl/α,β-unsaturated/α-hetero) is 2. The monoisotopic (exact) mass is 366 g/mol. The van der Waals surface area contributed by atoms with Crippen molar-refractivity contribution in [3.63, 3.8) is 0 Å². The van der Waals surface area contributed by atoms with Gasteiger partial charge in [-0.25, -0.2) is 0 Å². The van der Waals surface area contributed by atoms with Crippen molar-refractivity contribution in [1.82, 2.24) is 4.90 Å². The van der Waals surface area contributed by atoms with E-state index in [9.17, 15) is 9.59 Å². The van der Waals surface area contributed by atoms with E-state index in [1.165, 1.54) is 0 Å². The van der Waals surface area contributed by atoms with E-state index in [4.69, 9.17) is 9.47 Å². The molecule has 2 aliphatic rings. The van der Waals surface area contributed by atoms with Crippen molar-refractivity contribution < 1.29 is 19.1 Å². The molecule has 0 atom stereocenters. The lowest BCUT2D eigenvalue weighted by Gasteiger charge is -2.35. The number of ketones is 2. The number of benzene rings is 2. The second-order valence-corrected chi connectivity index (χ2v) is 6.86. The van der Waals surface area contributed by atoms with Crippen molar-refractivity contribution in [1.29, 1.82) is 0 Å². The Bertz CT molecular complexity index is 855. The number of ether oxygens (including phenoxy) is 2. The van der Waals surface area contributed by atoms with Crippen LogP contribution in [0.25, 0.3) is 0 Å². The Kier molecular flexibility index (Phi) is 4.81. The second kappa shape index (κ2) is 7.40. The summed E-state index contributed by atoms with van der Waals surface area (Å²) in [6.45, 7) is 5.54. The highest BCUT2D eigenvalue weighted by atomic mass is 16.7. The molecule has 0 amide bonds. The van der Waals surface area contributed by atoms with Crippen molar-refractivity contribution >= 4 is 17.3 Å². The maximum atomic E-state index is 12.6. The zero-order valence-corrected chi connectivity index (χ0v) is 15.3. The van der Waals surface area contributed by atoms with E-state index in [1.54, 1.807) is 25.1 Å². The molecule has 1 fully saturated rings. The summed E-state index contributed by atoms with van der Waals surface area (Å²) >= 11 is 0. The minimum atomic E-state index is 0.0772. The van der Waals surface area contributed by atoms with E-state index in [1.807, 2.05) is 24.3 Å². The fraction of sp³-hybridized carbons (Fsp3) is 0.333. The molecule has 0 radical (unpaired) electrons. The maximum Gasteiger partial charge on any atom is 0.231 e. The van der Waals surface area contributed by atoms with Gasteiger partial charge in [-0.05, 0) is 49.4 Å². The molecule has 0 bridgehead atoms. The van der Waals surface area contributed by atoms with Crippen LogP contribution in [0, 0.1) is 0 Å². The van der Waals surface area contributed by atoms with Crippen molar-refractivity contribution in [3.8, 4) is 11.5 Å². The van der Waals surface area contributed by atoms with E-state index < -0.39 is 0 Å². The molecule has 4 rings (SSSR count). The molecule has 27 heavy (non-hydrogen) atoms. The average molecular weight is 366 g/mol. The summed E-state index contributed by atoms with van der Waals surface area (Å²) in [6, 6.07) is 13.1. The smallest absolute Gasteiger partial charge is 0.231 e. The van der Waals surface area contributed by atoms with E-state index in [2.05, 4.69) is 9.80 Å². The molecule has 140 valence electrons. The van der Waals surface area contributed by atoms with Gasteiger partial charge in [0.1, 0.15) is 0 Å². The van der Waals surface area contributed by atoms with E-state index in [-0.39, 0.29) is 18.4 Å². The van der Waals surface area contributed by atoms with Crippen LogP contribution >= 0.6 is 0 Å². The first-order valence-electron chi connectivity index (χ1n) is 9.11. The molecule has 6 nitrogen and oxygen atoms in total. The zero-order chi connectivity index (χ0) is 18.8. The number of piperazine rings is 1. The van der Waals surface area contributed by atoms with Gasteiger partial charge in [-0.2, -0.15) is 0 Å². The van der Waals surface area contributed by atoms with Gasteiger partial charge in [-0.1, -0.05) is 0 Å². The first kappa shape index (κ1) is 17.5. The van der Waals surface area contributed by atoms with Gasteiger partial charge in [0.25, 0.3) is 0 Å². The molecule has 0 aromatic heterocycles. The van der Waals surface area contributed by atoms with Gasteiger partial charge in [0.05, 0.1) is 6.54 Å². The minimum Gasteiger partial charge on any atom is -0.454 e. The number of fused-ring (bicyclic) bond motifs is 1. The first-order chi connectivity index (χ1) is 13.1. The highest BCUT2D eigenvalue weighted by Gasteiger charge is 2.21. The van der Waals surface area contributed by atoms with E-state index in [0.717, 1.165) is 37.4 Å². The standard InChI is InChI=1S/C21H22N2O4/c1-15(24)16-2-5-18(6-3-16)23-10-8-22(9-11-23)13-19(25)17-4-7-20-21(12-17)27-14-26-20/h2-7,12H,8-11,13-14H2,1H3. The fourth-order valence-corrected chi connectivity index (χ4v) is 3.44. The van der Waals surface area contributed by atoms with Crippen LogP contribution in [0.5, 0.6) is 11.5 Å². The molecule has 0 aliphatic carbocycles. The molecule has 1 saturated heterocycles. The number of carbonyl (C=O) groups excluding carboxylic acids is 2. The molecule has 2 heterocycles. The third-order valence-electron chi connectivity index (χ3n) is 5.07. The quantitative estimate of drug-likeness (QED) is 0.758. The first-order valence-corrected chi connectivity index (χ1v) is 9.11. The van der Waals surface area contributed by atoms with Gasteiger partial charge in [0, 0.05) is 43.0 Å². The van der Waals surface area contributed by atoms with Crippen LogP contribution in [0.1, 0.15) is 27.6 Å². The van der Waals surface area contributed by atoms with Gasteiger partial charge in [0.15, 0.2) is 23.1 Å². The average Bonchev–Trinajstić information content (AvgIpc) is 3.16. The Morgan fingerprint density at radius 2 is 1.56 bits per heavy atom. The second-order valence-electron chi connectivity index (χ2n) is 6.86. The lowest BCUT2D eigenvalue weighted by atomic mass is 10.1. The largest absolute Gasteiger partial charge is 0.454 e. The van der Waals surface area contributed by atoms with Crippen molar-refractivity contribution in [3.05, 3.63) is 53.6 Å². The molecule has 2 aliphatic heterocycles. The van der Waals surface area contributed by atoms with E-state index in [0.29, 0.717) is 23.6 Å². The minimum absolute atomic E-state index is 0.0772. The van der Waals surface area contributed by atoms with Crippen LogP contribution in [0.2, 0.25) is 0 Å². The van der Waals surface area contributed by atoms with Crippen molar-refractivity contribution in [2.24, 2.45) is 0 Å². The summed E-state index contributed by atoms with van der Waals surface area (Å²) in [7, 11) is 0. The Labute approximate surface area is 158 Å². The molecule has 0 N–H and O–H groups in total. The highest BCUT2D eigenvalue weighted by Crippen LogP contribution is 2.32. The Hall–Kier alpha value is -2.86. The predicted molar refractivity (Wildman–Crippen MR) is 102 cm³/mol. The van der Waals surface area contributed by atoms with E-state index >= 15 is 0 Å². The summed E-state index contributed by atoms with van der Waals surface area (Å²) in [4.78, 5) is 28.4. The highest BCUT2D eigenvalue weighted by molar-refractivity contribution is 5.98. The SMILES string of the molecule is CC(=O)c1ccc(N2CCN(CC(=O)c3ccc4c(c3)OCO4)CC2)cc1. The lowest BCUT2D eigenvalue weighted by Crippen LogP contribution is -2.48. The Morgan fingerprint density at radius 3 is 2.26 bits per heavy atom. The van der Waals surface area contributed by atoms with Crippen molar-refractivity contribution in [2.45, 2.75) is 6.92 Å². The Morgan fingerprint density at radius 1 is 0.889 bits per heavy atom. The van der Waals surface area contributed by atoms with Crippen molar-refractivity contribution in [2.75, 3.05) is 44.4 Å². The molecular weight excluding hydrogens is 344 g/mol. The third kappa shape index (κ3) is 3.80. The fourth-order valence-electron chi connectivity index (χ4n) is 3.44. The van der Waals surface area contributed by atoms with Crippen LogP contribution < -0.4 is 14.4 Å². The zero-order valence-electron chi connectivity index (χ0n) is 15.3. The summed E-state index contributed by atoms with van der Waals surface area (Å²) < 4.78 is 10.6. The summed E-state index contributed by atoms with van der Waals surface area (Å²) in [5.74, 6) is 1.50. The normalized spacial score (nSPS) is 16.4. The summed E-state index contributed by atoms with van der Waals surface area (Å²) in [5.41, 5.74) is 2.50. The van der Waals surface area contributed by atoms with Crippen LogP contribution in [0.4, 0.5) is 5.69 Å². The summed E-state index contributed by atoms with van der Waals surface area (Å²) in [5, 5.41) is 0. The molecule has 0 unspecified atom stereocenters. The predicted octanol–water partition coefficient (Wildman–Crippen LogP) is 2.62. The number of anilines is 1. The van der Waals surface area contributed by atoms with Crippen LogP contribution in [-0.2, 0) is 0 Å². The van der Waals surface area contributed by atoms with Gasteiger partial charge in [-0.3, -0.25) is 14.5 Å². The van der Waals surface area contributed by atoms with Gasteiger partial charge < -0.3 is 14.4 Å². The van der Waals surface area contributed by atoms with Gasteiger partial charge in [0.2, 0.25) is 6.79 Å². The molecular formula is C21H22N2O4. The number of nitrogens with zero attached hydrogens (tertiary/aromatic N) is 2.